The van der Waals surface area contributed by atoms with Crippen LogP contribution in [0.2, 0.25) is 0 Å². The van der Waals surface area contributed by atoms with Gasteiger partial charge < -0.3 is 9.72 Å². The van der Waals surface area contributed by atoms with E-state index in [9.17, 15) is 4.79 Å². The zero-order valence-corrected chi connectivity index (χ0v) is 13.3. The lowest BCUT2D eigenvalue weighted by atomic mass is 10.1. The SMILES string of the molecule is Cc1ccn2cc(-c3ccc(NC(=O)C4CC4C)cc3)nc2c1. The Kier molecular flexibility index (Phi) is 3.18. The second-order valence-corrected chi connectivity index (χ2v) is 6.48. The van der Waals surface area contributed by atoms with Gasteiger partial charge in [0.25, 0.3) is 0 Å². The van der Waals surface area contributed by atoms with Gasteiger partial charge in [-0.15, -0.1) is 0 Å². The van der Waals surface area contributed by atoms with Crippen LogP contribution in [0.4, 0.5) is 5.69 Å². The molecule has 0 spiro atoms. The van der Waals surface area contributed by atoms with E-state index in [4.69, 9.17) is 0 Å². The van der Waals surface area contributed by atoms with Gasteiger partial charge in [-0.1, -0.05) is 19.1 Å². The third kappa shape index (κ3) is 2.72. The van der Waals surface area contributed by atoms with Gasteiger partial charge in [0, 0.05) is 29.6 Å². The number of carbonyl (C=O) groups is 1. The van der Waals surface area contributed by atoms with Crippen LogP contribution < -0.4 is 5.32 Å². The van der Waals surface area contributed by atoms with E-state index in [1.807, 2.05) is 41.1 Å². The minimum absolute atomic E-state index is 0.133. The molecule has 116 valence electrons. The number of hydrogen-bond acceptors (Lipinski definition) is 2. The van der Waals surface area contributed by atoms with Gasteiger partial charge in [-0.2, -0.15) is 0 Å². The molecule has 0 bridgehead atoms. The highest BCUT2D eigenvalue weighted by Crippen LogP contribution is 2.38. The Morgan fingerprint density at radius 2 is 2.00 bits per heavy atom. The molecule has 4 rings (SSSR count). The Balaban J connectivity index is 1.55. The summed E-state index contributed by atoms with van der Waals surface area (Å²) in [6.07, 6.45) is 5.05. The van der Waals surface area contributed by atoms with E-state index in [2.05, 4.69) is 36.3 Å². The molecule has 0 radical (unpaired) electrons. The number of pyridine rings is 1. The number of aromatic nitrogens is 2. The molecule has 2 atom stereocenters. The monoisotopic (exact) mass is 305 g/mol. The Labute approximate surface area is 135 Å². The minimum atomic E-state index is 0.133. The van der Waals surface area contributed by atoms with Crippen LogP contribution in [0.1, 0.15) is 18.9 Å². The molecule has 1 saturated carbocycles. The van der Waals surface area contributed by atoms with Gasteiger partial charge in [0.1, 0.15) is 5.65 Å². The van der Waals surface area contributed by atoms with E-state index in [1.54, 1.807) is 0 Å². The molecule has 2 heterocycles. The normalized spacial score (nSPS) is 19.7. The number of fused-ring (bicyclic) bond motifs is 1. The maximum absolute atomic E-state index is 12.0. The van der Waals surface area contributed by atoms with Crippen molar-refractivity contribution in [3.8, 4) is 11.3 Å². The zero-order chi connectivity index (χ0) is 16.0. The van der Waals surface area contributed by atoms with Crippen molar-refractivity contribution in [1.82, 2.24) is 9.38 Å². The lowest BCUT2D eigenvalue weighted by Crippen LogP contribution is -2.14. The highest BCUT2D eigenvalue weighted by Gasteiger charge is 2.38. The number of benzene rings is 1. The van der Waals surface area contributed by atoms with Crippen molar-refractivity contribution in [1.29, 1.82) is 0 Å². The summed E-state index contributed by atoms with van der Waals surface area (Å²) in [6.45, 7) is 4.17. The molecule has 1 fully saturated rings. The van der Waals surface area contributed by atoms with Gasteiger partial charge in [0.05, 0.1) is 5.69 Å². The number of hydrogen-bond donors (Lipinski definition) is 1. The molecule has 23 heavy (non-hydrogen) atoms. The summed E-state index contributed by atoms with van der Waals surface area (Å²) >= 11 is 0. The smallest absolute Gasteiger partial charge is 0.227 e. The molecule has 2 unspecified atom stereocenters. The number of rotatable bonds is 3. The quantitative estimate of drug-likeness (QED) is 0.797. The van der Waals surface area contributed by atoms with Crippen molar-refractivity contribution < 1.29 is 4.79 Å². The first-order valence-electron chi connectivity index (χ1n) is 7.97. The fourth-order valence-electron chi connectivity index (χ4n) is 2.87. The van der Waals surface area contributed by atoms with Crippen LogP contribution in [-0.4, -0.2) is 15.3 Å². The second-order valence-electron chi connectivity index (χ2n) is 6.48. The van der Waals surface area contributed by atoms with Gasteiger partial charge in [0.2, 0.25) is 5.91 Å². The van der Waals surface area contributed by atoms with Crippen LogP contribution in [0, 0.1) is 18.8 Å². The number of nitrogens with zero attached hydrogens (tertiary/aromatic N) is 2. The van der Waals surface area contributed by atoms with Crippen molar-refractivity contribution in [3.05, 3.63) is 54.4 Å². The Morgan fingerprint density at radius 1 is 1.26 bits per heavy atom. The van der Waals surface area contributed by atoms with E-state index in [0.717, 1.165) is 29.0 Å². The summed E-state index contributed by atoms with van der Waals surface area (Å²) in [4.78, 5) is 16.6. The lowest BCUT2D eigenvalue weighted by Gasteiger charge is -2.05. The molecule has 0 aliphatic heterocycles. The number of imidazole rings is 1. The number of amides is 1. The molecule has 1 N–H and O–H groups in total. The average molecular weight is 305 g/mol. The lowest BCUT2D eigenvalue weighted by molar-refractivity contribution is -0.117. The Morgan fingerprint density at radius 3 is 2.70 bits per heavy atom. The van der Waals surface area contributed by atoms with Crippen LogP contribution in [0.3, 0.4) is 0 Å². The number of aryl methyl sites for hydroxylation is 1. The highest BCUT2D eigenvalue weighted by atomic mass is 16.2. The Hall–Kier alpha value is -2.62. The van der Waals surface area contributed by atoms with Crippen molar-refractivity contribution in [2.45, 2.75) is 20.3 Å². The van der Waals surface area contributed by atoms with E-state index in [0.29, 0.717) is 5.92 Å². The standard InChI is InChI=1S/C19H19N3O/c1-12-7-8-22-11-17(21-18(22)9-12)14-3-5-15(6-4-14)20-19(23)16-10-13(16)2/h3-9,11,13,16H,10H2,1-2H3,(H,20,23). The van der Waals surface area contributed by atoms with Crippen molar-refractivity contribution >= 4 is 17.2 Å². The summed E-state index contributed by atoms with van der Waals surface area (Å²) in [5.41, 5.74) is 4.97. The first-order valence-corrected chi connectivity index (χ1v) is 7.97. The van der Waals surface area contributed by atoms with Gasteiger partial charge in [-0.3, -0.25) is 4.79 Å². The first-order chi connectivity index (χ1) is 11.1. The maximum atomic E-state index is 12.0. The van der Waals surface area contributed by atoms with Crippen LogP contribution >= 0.6 is 0 Å². The average Bonchev–Trinajstić information content (AvgIpc) is 3.12. The van der Waals surface area contributed by atoms with Crippen LogP contribution in [0.25, 0.3) is 16.9 Å². The first kappa shape index (κ1) is 14.0. The van der Waals surface area contributed by atoms with E-state index in [-0.39, 0.29) is 11.8 Å². The number of carbonyl (C=O) groups excluding carboxylic acids is 1. The summed E-state index contributed by atoms with van der Waals surface area (Å²) in [6, 6.07) is 12.0. The third-order valence-corrected chi connectivity index (χ3v) is 4.51. The summed E-state index contributed by atoms with van der Waals surface area (Å²) in [5.74, 6) is 0.848. The van der Waals surface area contributed by atoms with Crippen molar-refractivity contribution in [3.63, 3.8) is 0 Å². The number of anilines is 1. The van der Waals surface area contributed by atoms with Crippen LogP contribution in [0.15, 0.2) is 48.8 Å². The zero-order valence-electron chi connectivity index (χ0n) is 13.3. The van der Waals surface area contributed by atoms with E-state index < -0.39 is 0 Å². The molecule has 1 aliphatic rings. The van der Waals surface area contributed by atoms with Gasteiger partial charge in [-0.25, -0.2) is 4.98 Å². The molecule has 1 amide bonds. The largest absolute Gasteiger partial charge is 0.326 e. The minimum Gasteiger partial charge on any atom is -0.326 e. The fraction of sp³-hybridized carbons (Fsp3) is 0.263. The van der Waals surface area contributed by atoms with Gasteiger partial charge in [-0.05, 0) is 49.1 Å². The maximum Gasteiger partial charge on any atom is 0.227 e. The van der Waals surface area contributed by atoms with Crippen molar-refractivity contribution in [2.75, 3.05) is 5.32 Å². The molecule has 4 heteroatoms. The second kappa shape index (κ2) is 5.23. The predicted octanol–water partition coefficient (Wildman–Crippen LogP) is 3.90. The molecule has 2 aromatic heterocycles. The predicted molar refractivity (Wildman–Crippen MR) is 91.3 cm³/mol. The summed E-state index contributed by atoms with van der Waals surface area (Å²) in [7, 11) is 0. The third-order valence-electron chi connectivity index (χ3n) is 4.51. The fourth-order valence-corrected chi connectivity index (χ4v) is 2.87. The summed E-state index contributed by atoms with van der Waals surface area (Å²) in [5, 5.41) is 2.98. The van der Waals surface area contributed by atoms with E-state index in [1.165, 1.54) is 5.56 Å². The van der Waals surface area contributed by atoms with Gasteiger partial charge in [0.15, 0.2) is 0 Å². The Bertz CT molecular complexity index is 879. The molecular weight excluding hydrogens is 286 g/mol. The highest BCUT2D eigenvalue weighted by molar-refractivity contribution is 5.94. The topological polar surface area (TPSA) is 46.4 Å². The van der Waals surface area contributed by atoms with Crippen LogP contribution in [0.5, 0.6) is 0 Å². The molecule has 3 aromatic rings. The molecule has 1 aliphatic carbocycles. The van der Waals surface area contributed by atoms with E-state index >= 15 is 0 Å². The van der Waals surface area contributed by atoms with Crippen molar-refractivity contribution in [2.24, 2.45) is 11.8 Å². The molecule has 0 saturated heterocycles. The number of nitrogens with one attached hydrogen (secondary N) is 1. The van der Waals surface area contributed by atoms with Gasteiger partial charge >= 0.3 is 0 Å². The molecule has 1 aromatic carbocycles. The summed E-state index contributed by atoms with van der Waals surface area (Å²) < 4.78 is 2.02. The molecule has 4 nitrogen and oxygen atoms in total. The molecular formula is C19H19N3O. The van der Waals surface area contributed by atoms with Crippen LogP contribution in [-0.2, 0) is 4.79 Å².